The monoisotopic (exact) mass is 581 g/mol. The molecule has 0 spiro atoms. The first-order valence-corrected chi connectivity index (χ1v) is 14.5. The quantitative estimate of drug-likeness (QED) is 0.310. The summed E-state index contributed by atoms with van der Waals surface area (Å²) in [6.45, 7) is 9.18. The molecule has 0 saturated carbocycles. The van der Waals surface area contributed by atoms with Crippen LogP contribution in [0.3, 0.4) is 0 Å². The summed E-state index contributed by atoms with van der Waals surface area (Å²) < 4.78 is 10.5. The number of urea groups is 1. The zero-order chi connectivity index (χ0) is 29.9. The van der Waals surface area contributed by atoms with E-state index in [0.717, 1.165) is 0 Å². The standard InChI is InChI=1S/C29H39N7O6/c1-29(2,3)42-28(40)30-11-5-8-21(37)35-12-9-18(10-13-35)24-23-25(33-32-24)19-6-4-7-20(22(19)26(23)38)31-27(39)34-36-14-16-41-17-15-36/h4,6-7,18H,5,8-17H2,1-3H3,(H,30,40)(H,32,33)(H2,31,34,39). The van der Waals surface area contributed by atoms with Crippen LogP contribution in [-0.4, -0.2) is 95.5 Å². The van der Waals surface area contributed by atoms with Gasteiger partial charge in [-0.3, -0.25) is 20.1 Å². The fraction of sp³-hybridized carbons (Fsp3) is 0.552. The molecular formula is C29H39N7O6. The number of nitrogens with one attached hydrogen (secondary N) is 4. The highest BCUT2D eigenvalue weighted by Gasteiger charge is 2.38. The maximum atomic E-state index is 13.7. The van der Waals surface area contributed by atoms with E-state index in [4.69, 9.17) is 9.47 Å². The summed E-state index contributed by atoms with van der Waals surface area (Å²) in [5.74, 6) is -0.0922. The molecule has 3 heterocycles. The second kappa shape index (κ2) is 12.5. The van der Waals surface area contributed by atoms with E-state index in [1.807, 2.05) is 11.0 Å². The lowest BCUT2D eigenvalue weighted by Crippen LogP contribution is -2.49. The lowest BCUT2D eigenvalue weighted by atomic mass is 9.90. The minimum atomic E-state index is -0.565. The van der Waals surface area contributed by atoms with Crippen LogP contribution in [0.2, 0.25) is 0 Å². The molecule has 2 aliphatic heterocycles. The van der Waals surface area contributed by atoms with Crippen LogP contribution in [0.1, 0.15) is 74.0 Å². The lowest BCUT2D eigenvalue weighted by Gasteiger charge is -2.31. The number of carbonyl (C=O) groups is 4. The molecule has 1 aromatic heterocycles. The number of rotatable bonds is 7. The van der Waals surface area contributed by atoms with E-state index < -0.39 is 17.7 Å². The molecule has 1 aromatic carbocycles. The molecule has 0 unspecified atom stereocenters. The first-order chi connectivity index (χ1) is 20.1. The first kappa shape index (κ1) is 29.5. The predicted octanol–water partition coefficient (Wildman–Crippen LogP) is 3.00. The van der Waals surface area contributed by atoms with E-state index in [9.17, 15) is 19.2 Å². The SMILES string of the molecule is CC(C)(C)OC(=O)NCCCC(=O)N1CCC(c2n[nH]c3c2C(=O)c2c(NC(=O)NN4CCOCC4)cccc2-3)CC1. The van der Waals surface area contributed by atoms with Gasteiger partial charge in [0, 0.05) is 50.6 Å². The molecule has 5 rings (SSSR count). The number of carbonyl (C=O) groups excluding carboxylic acids is 4. The van der Waals surface area contributed by atoms with E-state index >= 15 is 0 Å². The van der Waals surface area contributed by atoms with Crippen molar-refractivity contribution in [2.45, 2.75) is 58.0 Å². The molecule has 2 fully saturated rings. The zero-order valence-electron chi connectivity index (χ0n) is 24.4. The van der Waals surface area contributed by atoms with Gasteiger partial charge in [-0.05, 0) is 46.1 Å². The number of aromatic amines is 1. The van der Waals surface area contributed by atoms with Gasteiger partial charge in [-0.2, -0.15) is 5.10 Å². The number of hydrogen-bond acceptors (Lipinski definition) is 8. The Balaban J connectivity index is 1.15. The molecule has 0 bridgehead atoms. The van der Waals surface area contributed by atoms with Crippen molar-refractivity contribution in [2.24, 2.45) is 0 Å². The number of likely N-dealkylation sites (tertiary alicyclic amines) is 1. The number of anilines is 1. The number of hydrogen-bond donors (Lipinski definition) is 4. The van der Waals surface area contributed by atoms with Gasteiger partial charge in [0.05, 0.1) is 41.4 Å². The maximum Gasteiger partial charge on any atom is 0.407 e. The summed E-state index contributed by atoms with van der Waals surface area (Å²) in [5.41, 5.74) is 5.78. The van der Waals surface area contributed by atoms with E-state index in [0.29, 0.717) is 105 Å². The molecule has 2 saturated heterocycles. The highest BCUT2D eigenvalue weighted by Crippen LogP contribution is 2.43. The number of hydrazine groups is 1. The molecule has 2 aromatic rings. The molecule has 1 aliphatic carbocycles. The Hall–Kier alpha value is -3.97. The van der Waals surface area contributed by atoms with Gasteiger partial charge in [0.25, 0.3) is 0 Å². The molecule has 13 heteroatoms. The molecule has 4 amide bonds. The van der Waals surface area contributed by atoms with Gasteiger partial charge in [0.15, 0.2) is 5.78 Å². The summed E-state index contributed by atoms with van der Waals surface area (Å²) in [4.78, 5) is 52.7. The van der Waals surface area contributed by atoms with Crippen LogP contribution in [0, 0.1) is 0 Å². The normalized spacial score (nSPS) is 17.4. The average molecular weight is 582 g/mol. The summed E-state index contributed by atoms with van der Waals surface area (Å²) in [6.07, 6.45) is 1.75. The Kier molecular flexibility index (Phi) is 8.78. The van der Waals surface area contributed by atoms with E-state index in [1.54, 1.807) is 37.9 Å². The number of benzene rings is 1. The molecule has 226 valence electrons. The van der Waals surface area contributed by atoms with Crippen LogP contribution in [0.4, 0.5) is 15.3 Å². The summed E-state index contributed by atoms with van der Waals surface area (Å²) >= 11 is 0. The van der Waals surface area contributed by atoms with Crippen LogP contribution in [0.5, 0.6) is 0 Å². The van der Waals surface area contributed by atoms with Crippen LogP contribution in [-0.2, 0) is 14.3 Å². The number of fused-ring (bicyclic) bond motifs is 3. The van der Waals surface area contributed by atoms with Crippen LogP contribution >= 0.6 is 0 Å². The number of nitrogens with zero attached hydrogens (tertiary/aromatic N) is 3. The van der Waals surface area contributed by atoms with Gasteiger partial charge in [-0.1, -0.05) is 12.1 Å². The Labute approximate surface area is 244 Å². The van der Waals surface area contributed by atoms with E-state index in [-0.39, 0.29) is 17.6 Å². The number of ketones is 1. The number of amides is 4. The molecule has 13 nitrogen and oxygen atoms in total. The predicted molar refractivity (Wildman–Crippen MR) is 154 cm³/mol. The number of piperidine rings is 1. The van der Waals surface area contributed by atoms with Gasteiger partial charge >= 0.3 is 12.1 Å². The van der Waals surface area contributed by atoms with Crippen molar-refractivity contribution in [1.29, 1.82) is 0 Å². The van der Waals surface area contributed by atoms with Gasteiger partial charge < -0.3 is 25.0 Å². The molecule has 0 radical (unpaired) electrons. The average Bonchev–Trinajstić information content (AvgIpc) is 3.51. The third-order valence-corrected chi connectivity index (χ3v) is 7.57. The fourth-order valence-corrected chi connectivity index (χ4v) is 5.58. The van der Waals surface area contributed by atoms with Gasteiger partial charge in [-0.15, -0.1) is 0 Å². The highest BCUT2D eigenvalue weighted by atomic mass is 16.6. The lowest BCUT2D eigenvalue weighted by molar-refractivity contribution is -0.132. The summed E-state index contributed by atoms with van der Waals surface area (Å²) in [6, 6.07) is 4.97. The topological polar surface area (TPSA) is 158 Å². The van der Waals surface area contributed by atoms with Gasteiger partial charge in [-0.25, -0.2) is 14.6 Å². The van der Waals surface area contributed by atoms with Crippen molar-refractivity contribution in [3.8, 4) is 11.3 Å². The summed E-state index contributed by atoms with van der Waals surface area (Å²) in [7, 11) is 0. The third-order valence-electron chi connectivity index (χ3n) is 7.57. The van der Waals surface area contributed by atoms with Crippen molar-refractivity contribution in [3.05, 3.63) is 35.0 Å². The van der Waals surface area contributed by atoms with Crippen molar-refractivity contribution in [2.75, 3.05) is 51.3 Å². The van der Waals surface area contributed by atoms with Crippen molar-refractivity contribution in [1.82, 2.24) is 30.8 Å². The fourth-order valence-electron chi connectivity index (χ4n) is 5.58. The molecule has 42 heavy (non-hydrogen) atoms. The van der Waals surface area contributed by atoms with Gasteiger partial charge in [0.2, 0.25) is 5.91 Å². The summed E-state index contributed by atoms with van der Waals surface area (Å²) in [5, 5.41) is 14.9. The zero-order valence-corrected chi connectivity index (χ0v) is 24.4. The second-order valence-corrected chi connectivity index (χ2v) is 11.8. The minimum absolute atomic E-state index is 0.0298. The van der Waals surface area contributed by atoms with Crippen LogP contribution in [0.25, 0.3) is 11.3 Å². The highest BCUT2D eigenvalue weighted by molar-refractivity contribution is 6.25. The maximum absolute atomic E-state index is 13.7. The van der Waals surface area contributed by atoms with Crippen LogP contribution < -0.4 is 16.1 Å². The molecule has 0 atom stereocenters. The number of H-pyrrole nitrogens is 1. The number of alkyl carbamates (subject to hydrolysis) is 1. The largest absolute Gasteiger partial charge is 0.444 e. The second-order valence-electron chi connectivity index (χ2n) is 11.8. The van der Waals surface area contributed by atoms with Crippen molar-refractivity contribution in [3.63, 3.8) is 0 Å². The minimum Gasteiger partial charge on any atom is -0.444 e. The van der Waals surface area contributed by atoms with E-state index in [1.165, 1.54) is 0 Å². The molecule has 3 aliphatic rings. The van der Waals surface area contributed by atoms with E-state index in [2.05, 4.69) is 26.3 Å². The Morgan fingerprint density at radius 3 is 2.55 bits per heavy atom. The van der Waals surface area contributed by atoms with Gasteiger partial charge in [0.1, 0.15) is 5.60 Å². The molecule has 4 N–H and O–H groups in total. The Morgan fingerprint density at radius 1 is 1.10 bits per heavy atom. The number of morpholine rings is 1. The first-order valence-electron chi connectivity index (χ1n) is 14.5. The number of aromatic nitrogens is 2. The Bertz CT molecular complexity index is 1340. The van der Waals surface area contributed by atoms with Crippen molar-refractivity contribution < 1.29 is 28.7 Å². The van der Waals surface area contributed by atoms with Crippen molar-refractivity contribution >= 4 is 29.5 Å². The number of ether oxygens (including phenoxy) is 2. The smallest absolute Gasteiger partial charge is 0.407 e. The third kappa shape index (κ3) is 6.73. The Morgan fingerprint density at radius 2 is 1.83 bits per heavy atom. The molecular weight excluding hydrogens is 542 g/mol. The van der Waals surface area contributed by atoms with Crippen LogP contribution in [0.15, 0.2) is 18.2 Å².